The highest BCUT2D eigenvalue weighted by Crippen LogP contribution is 2.25. The summed E-state index contributed by atoms with van der Waals surface area (Å²) in [6.07, 6.45) is 0. The molecule has 0 unspecified atom stereocenters. The van der Waals surface area contributed by atoms with Crippen LogP contribution in [0.15, 0.2) is 60.7 Å². The Bertz CT molecular complexity index is 1090. The van der Waals surface area contributed by atoms with E-state index in [1.165, 1.54) is 6.07 Å². The Balaban J connectivity index is 1.62. The van der Waals surface area contributed by atoms with Crippen LogP contribution in [0.4, 0.5) is 5.69 Å². The van der Waals surface area contributed by atoms with Crippen molar-refractivity contribution < 1.29 is 19.2 Å². The first kappa shape index (κ1) is 20.3. The van der Waals surface area contributed by atoms with Gasteiger partial charge in [-0.25, -0.2) is 4.79 Å². The zero-order valence-corrected chi connectivity index (χ0v) is 16.2. The summed E-state index contributed by atoms with van der Waals surface area (Å²) < 4.78 is 4.99. The van der Waals surface area contributed by atoms with Gasteiger partial charge in [0.1, 0.15) is 0 Å². The molecule has 148 valence electrons. The van der Waals surface area contributed by atoms with Gasteiger partial charge in [-0.2, -0.15) is 0 Å². The van der Waals surface area contributed by atoms with Gasteiger partial charge in [0, 0.05) is 12.1 Å². The molecule has 29 heavy (non-hydrogen) atoms. The minimum absolute atomic E-state index is 0.0489. The molecule has 1 atom stereocenters. The molecule has 3 rings (SSSR count). The van der Waals surface area contributed by atoms with E-state index in [0.29, 0.717) is 0 Å². The number of rotatable bonds is 6. The molecular weight excluding hydrogens is 396 g/mol. The number of nitro benzene ring substituents is 1. The zero-order chi connectivity index (χ0) is 21.0. The lowest BCUT2D eigenvalue weighted by Gasteiger charge is -2.16. The first-order chi connectivity index (χ1) is 13.9. The number of amides is 1. The van der Waals surface area contributed by atoms with E-state index >= 15 is 0 Å². The number of nitro groups is 1. The molecule has 0 saturated carbocycles. The first-order valence-electron chi connectivity index (χ1n) is 8.75. The second-order valence-electron chi connectivity index (χ2n) is 6.35. The number of ether oxygens (including phenoxy) is 1. The number of nitrogens with zero attached hydrogens (tertiary/aromatic N) is 1. The highest BCUT2D eigenvalue weighted by molar-refractivity contribution is 6.33. The molecule has 3 aromatic rings. The molecule has 7 nitrogen and oxygen atoms in total. The highest BCUT2D eigenvalue weighted by atomic mass is 35.5. The highest BCUT2D eigenvalue weighted by Gasteiger charge is 2.18. The normalized spacial score (nSPS) is 11.7. The number of halogens is 1. The minimum atomic E-state index is -0.835. The van der Waals surface area contributed by atoms with Crippen LogP contribution in [0.25, 0.3) is 10.8 Å². The lowest BCUT2D eigenvalue weighted by Crippen LogP contribution is -2.31. The number of esters is 1. The summed E-state index contributed by atoms with van der Waals surface area (Å²) in [5.41, 5.74) is 0.654. The van der Waals surface area contributed by atoms with Crippen molar-refractivity contribution in [2.75, 3.05) is 6.61 Å². The molecule has 0 saturated heterocycles. The summed E-state index contributed by atoms with van der Waals surface area (Å²) in [4.78, 5) is 34.4. The van der Waals surface area contributed by atoms with Crippen molar-refractivity contribution in [3.63, 3.8) is 0 Å². The van der Waals surface area contributed by atoms with E-state index in [-0.39, 0.29) is 22.3 Å². The lowest BCUT2D eigenvalue weighted by atomic mass is 10.00. The summed E-state index contributed by atoms with van der Waals surface area (Å²) in [6, 6.07) is 16.8. The number of fused-ring (bicyclic) bond motifs is 1. The second kappa shape index (κ2) is 8.70. The van der Waals surface area contributed by atoms with Crippen LogP contribution in [0.2, 0.25) is 5.02 Å². The van der Waals surface area contributed by atoms with Crippen molar-refractivity contribution in [1.29, 1.82) is 0 Å². The first-order valence-corrected chi connectivity index (χ1v) is 9.12. The molecule has 0 fully saturated rings. The van der Waals surface area contributed by atoms with Crippen molar-refractivity contribution in [1.82, 2.24) is 5.32 Å². The lowest BCUT2D eigenvalue weighted by molar-refractivity contribution is -0.384. The largest absolute Gasteiger partial charge is 0.452 e. The van der Waals surface area contributed by atoms with Gasteiger partial charge >= 0.3 is 5.97 Å². The second-order valence-corrected chi connectivity index (χ2v) is 6.76. The molecular formula is C21H17ClN2O5. The van der Waals surface area contributed by atoms with E-state index in [2.05, 4.69) is 5.32 Å². The molecule has 0 aliphatic rings. The quantitative estimate of drug-likeness (QED) is 0.366. The zero-order valence-electron chi connectivity index (χ0n) is 15.4. The molecule has 0 aliphatic carbocycles. The summed E-state index contributed by atoms with van der Waals surface area (Å²) >= 11 is 5.90. The predicted molar refractivity (Wildman–Crippen MR) is 109 cm³/mol. The topological polar surface area (TPSA) is 98.5 Å². The van der Waals surface area contributed by atoms with Crippen molar-refractivity contribution in [3.05, 3.63) is 86.9 Å². The van der Waals surface area contributed by atoms with E-state index in [4.69, 9.17) is 16.3 Å². The van der Waals surface area contributed by atoms with Gasteiger partial charge in [0.05, 0.1) is 21.6 Å². The Morgan fingerprint density at radius 1 is 1.14 bits per heavy atom. The summed E-state index contributed by atoms with van der Waals surface area (Å²) in [6.45, 7) is 1.34. The Morgan fingerprint density at radius 2 is 1.86 bits per heavy atom. The standard InChI is InChI=1S/C21H17ClN2O5/c1-13(16-8-4-6-14-5-2-3-7-17(14)16)23-20(25)12-29-21(26)18-10-9-15(24(27)28)11-19(18)22/h2-11,13H,12H2,1H3,(H,23,25)/t13-/m0/s1. The van der Waals surface area contributed by atoms with Crippen LogP contribution < -0.4 is 5.32 Å². The van der Waals surface area contributed by atoms with Gasteiger partial charge in [0.25, 0.3) is 11.6 Å². The van der Waals surface area contributed by atoms with Crippen LogP contribution >= 0.6 is 11.6 Å². The van der Waals surface area contributed by atoms with E-state index in [9.17, 15) is 19.7 Å². The molecule has 0 aliphatic heterocycles. The number of carbonyl (C=O) groups is 2. The molecule has 0 aromatic heterocycles. The molecule has 1 N–H and O–H groups in total. The average Bonchev–Trinajstić information content (AvgIpc) is 2.71. The third-order valence-electron chi connectivity index (χ3n) is 4.39. The number of nitrogens with one attached hydrogen (secondary N) is 1. The van der Waals surface area contributed by atoms with Crippen molar-refractivity contribution in [2.45, 2.75) is 13.0 Å². The minimum Gasteiger partial charge on any atom is -0.452 e. The fourth-order valence-corrected chi connectivity index (χ4v) is 3.23. The maximum atomic E-state index is 12.2. The van der Waals surface area contributed by atoms with Crippen molar-refractivity contribution >= 4 is 39.9 Å². The Kier molecular flexibility index (Phi) is 6.09. The summed E-state index contributed by atoms with van der Waals surface area (Å²) in [5.74, 6) is -1.31. The van der Waals surface area contributed by atoms with Crippen molar-refractivity contribution in [2.24, 2.45) is 0 Å². The van der Waals surface area contributed by atoms with Crippen LogP contribution in [0.5, 0.6) is 0 Å². The van der Waals surface area contributed by atoms with E-state index < -0.39 is 23.4 Å². The smallest absolute Gasteiger partial charge is 0.340 e. The molecule has 0 heterocycles. The van der Waals surface area contributed by atoms with E-state index in [0.717, 1.165) is 28.5 Å². The van der Waals surface area contributed by atoms with Crippen LogP contribution in [0.3, 0.4) is 0 Å². The number of benzene rings is 3. The fraction of sp³-hybridized carbons (Fsp3) is 0.143. The molecule has 0 radical (unpaired) electrons. The van der Waals surface area contributed by atoms with E-state index in [1.54, 1.807) is 0 Å². The number of hydrogen-bond acceptors (Lipinski definition) is 5. The van der Waals surface area contributed by atoms with Gasteiger partial charge in [0.15, 0.2) is 6.61 Å². The monoisotopic (exact) mass is 412 g/mol. The van der Waals surface area contributed by atoms with Gasteiger partial charge in [-0.05, 0) is 29.3 Å². The predicted octanol–water partition coefficient (Wildman–Crippen LogP) is 4.44. The third-order valence-corrected chi connectivity index (χ3v) is 4.70. The maximum absolute atomic E-state index is 12.2. The third kappa shape index (κ3) is 4.70. The molecule has 0 bridgehead atoms. The summed E-state index contributed by atoms with van der Waals surface area (Å²) in [5, 5.41) is 15.5. The van der Waals surface area contributed by atoms with Crippen LogP contribution in [0.1, 0.15) is 28.9 Å². The Morgan fingerprint density at radius 3 is 2.59 bits per heavy atom. The number of carbonyl (C=O) groups excluding carboxylic acids is 2. The van der Waals surface area contributed by atoms with Gasteiger partial charge < -0.3 is 10.1 Å². The van der Waals surface area contributed by atoms with Gasteiger partial charge in [-0.15, -0.1) is 0 Å². The maximum Gasteiger partial charge on any atom is 0.340 e. The SMILES string of the molecule is C[C@H](NC(=O)COC(=O)c1ccc([N+](=O)[O-])cc1Cl)c1cccc2ccccc12. The fourth-order valence-electron chi connectivity index (χ4n) is 2.98. The van der Waals surface area contributed by atoms with Crippen LogP contribution in [-0.2, 0) is 9.53 Å². The van der Waals surface area contributed by atoms with Crippen molar-refractivity contribution in [3.8, 4) is 0 Å². The number of hydrogen-bond donors (Lipinski definition) is 1. The molecule has 0 spiro atoms. The van der Waals surface area contributed by atoms with Crippen LogP contribution in [-0.4, -0.2) is 23.4 Å². The van der Waals surface area contributed by atoms with Gasteiger partial charge in [-0.1, -0.05) is 54.1 Å². The molecule has 1 amide bonds. The number of non-ortho nitro benzene ring substituents is 1. The summed E-state index contributed by atoms with van der Waals surface area (Å²) in [7, 11) is 0. The van der Waals surface area contributed by atoms with Gasteiger partial charge in [-0.3, -0.25) is 14.9 Å². The molecule has 8 heteroatoms. The van der Waals surface area contributed by atoms with E-state index in [1.807, 2.05) is 49.4 Å². The average molecular weight is 413 g/mol. The Labute approximate surface area is 171 Å². The Hall–Kier alpha value is -3.45. The van der Waals surface area contributed by atoms with Gasteiger partial charge in [0.2, 0.25) is 0 Å². The molecule has 3 aromatic carbocycles. The van der Waals surface area contributed by atoms with Crippen LogP contribution in [0, 0.1) is 10.1 Å².